The molecule has 0 spiro atoms. The number of hydrogen-bond donors (Lipinski definition) is 1. The van der Waals surface area contributed by atoms with E-state index in [1.165, 1.54) is 18.1 Å². The van der Waals surface area contributed by atoms with Crippen molar-refractivity contribution in [3.05, 3.63) is 83.6 Å². The first-order valence-corrected chi connectivity index (χ1v) is 13.1. The van der Waals surface area contributed by atoms with Crippen LogP contribution in [0.4, 0.5) is 9.59 Å². The standard InChI is InChI=1S/C30H36N2O8/c1-30(2,3)40-27(34)25-18-16-23(32(25)29(36)39-20-22-13-9-6-10-14-22)15-17-24(26(33)37-4)31-28(35)38-19-21-11-7-5-8-12-21/h5-14,17,23,25H,15-16,18-20H2,1-4H3,(H,31,35)/b24-17-/t23-,25+/m1/s1. The van der Waals surface area contributed by atoms with E-state index in [0.717, 1.165) is 11.1 Å². The number of carbonyl (C=O) groups is 4. The number of likely N-dealkylation sites (tertiary alicyclic amines) is 1. The van der Waals surface area contributed by atoms with Gasteiger partial charge in [-0.15, -0.1) is 0 Å². The molecule has 2 aromatic carbocycles. The summed E-state index contributed by atoms with van der Waals surface area (Å²) in [5, 5.41) is 2.42. The molecule has 10 nitrogen and oxygen atoms in total. The summed E-state index contributed by atoms with van der Waals surface area (Å²) >= 11 is 0. The van der Waals surface area contributed by atoms with Crippen molar-refractivity contribution >= 4 is 24.1 Å². The van der Waals surface area contributed by atoms with Crippen molar-refractivity contribution in [2.75, 3.05) is 7.11 Å². The van der Waals surface area contributed by atoms with Crippen LogP contribution in [0.25, 0.3) is 0 Å². The van der Waals surface area contributed by atoms with E-state index in [0.29, 0.717) is 12.8 Å². The van der Waals surface area contributed by atoms with Gasteiger partial charge in [0.05, 0.1) is 7.11 Å². The second kappa shape index (κ2) is 14.2. The Labute approximate surface area is 234 Å². The van der Waals surface area contributed by atoms with Crippen molar-refractivity contribution in [2.24, 2.45) is 0 Å². The topological polar surface area (TPSA) is 120 Å². The molecule has 40 heavy (non-hydrogen) atoms. The molecule has 0 aromatic heterocycles. The van der Waals surface area contributed by atoms with Crippen LogP contribution in [0.3, 0.4) is 0 Å². The van der Waals surface area contributed by atoms with Gasteiger partial charge in [0.2, 0.25) is 0 Å². The fourth-order valence-electron chi connectivity index (χ4n) is 4.20. The molecule has 1 saturated heterocycles. The average Bonchev–Trinajstić information content (AvgIpc) is 3.37. The van der Waals surface area contributed by atoms with Crippen LogP contribution in [0, 0.1) is 0 Å². The minimum Gasteiger partial charge on any atom is -0.464 e. The molecular formula is C30H36N2O8. The Morgan fingerprint density at radius 2 is 1.48 bits per heavy atom. The number of hydrogen-bond acceptors (Lipinski definition) is 8. The largest absolute Gasteiger partial charge is 0.464 e. The second-order valence-corrected chi connectivity index (χ2v) is 10.3. The highest BCUT2D eigenvalue weighted by molar-refractivity contribution is 5.92. The fraction of sp³-hybridized carbons (Fsp3) is 0.400. The maximum atomic E-state index is 13.2. The number of carbonyl (C=O) groups excluding carboxylic acids is 4. The number of ether oxygens (including phenoxy) is 4. The Balaban J connectivity index is 1.73. The zero-order valence-corrected chi connectivity index (χ0v) is 23.3. The van der Waals surface area contributed by atoms with E-state index in [1.807, 2.05) is 48.5 Å². The molecule has 0 unspecified atom stereocenters. The van der Waals surface area contributed by atoms with E-state index in [2.05, 4.69) is 5.32 Å². The quantitative estimate of drug-likeness (QED) is 0.266. The van der Waals surface area contributed by atoms with Gasteiger partial charge in [-0.25, -0.2) is 19.2 Å². The minimum atomic E-state index is -0.855. The van der Waals surface area contributed by atoms with Crippen molar-refractivity contribution < 1.29 is 38.1 Å². The van der Waals surface area contributed by atoms with Gasteiger partial charge in [0, 0.05) is 6.04 Å². The summed E-state index contributed by atoms with van der Waals surface area (Å²) in [7, 11) is 1.19. The van der Waals surface area contributed by atoms with Gasteiger partial charge in [-0.2, -0.15) is 0 Å². The van der Waals surface area contributed by atoms with E-state index < -0.39 is 41.8 Å². The molecule has 214 valence electrons. The number of amides is 2. The molecule has 3 rings (SSSR count). The van der Waals surface area contributed by atoms with Crippen molar-refractivity contribution in [1.29, 1.82) is 0 Å². The SMILES string of the molecule is COC(=O)/C(=C/C[C@@H]1CC[C@@H](C(=O)OC(C)(C)C)N1C(=O)OCc1ccccc1)NC(=O)OCc1ccccc1. The molecule has 1 N–H and O–H groups in total. The highest BCUT2D eigenvalue weighted by Crippen LogP contribution is 2.30. The molecule has 0 radical (unpaired) electrons. The molecular weight excluding hydrogens is 516 g/mol. The Morgan fingerprint density at radius 3 is 2.02 bits per heavy atom. The predicted octanol–water partition coefficient (Wildman–Crippen LogP) is 4.87. The van der Waals surface area contributed by atoms with Gasteiger partial charge in [0.15, 0.2) is 0 Å². The lowest BCUT2D eigenvalue weighted by Gasteiger charge is -2.30. The van der Waals surface area contributed by atoms with Crippen LogP contribution in [-0.2, 0) is 41.8 Å². The highest BCUT2D eigenvalue weighted by atomic mass is 16.6. The van der Waals surface area contributed by atoms with Crippen LogP contribution in [0.2, 0.25) is 0 Å². The zero-order chi connectivity index (χ0) is 29.1. The first kappa shape index (κ1) is 30.2. The zero-order valence-electron chi connectivity index (χ0n) is 23.3. The van der Waals surface area contributed by atoms with Gasteiger partial charge in [-0.1, -0.05) is 66.7 Å². The predicted molar refractivity (Wildman–Crippen MR) is 146 cm³/mol. The summed E-state index contributed by atoms with van der Waals surface area (Å²) in [6, 6.07) is 16.9. The first-order chi connectivity index (χ1) is 19.1. The van der Waals surface area contributed by atoms with Gasteiger partial charge >= 0.3 is 24.1 Å². The van der Waals surface area contributed by atoms with Crippen LogP contribution in [-0.4, -0.2) is 53.8 Å². The summed E-state index contributed by atoms with van der Waals surface area (Å²) in [6.45, 7) is 5.31. The minimum absolute atomic E-state index is 0.0162. The van der Waals surface area contributed by atoms with Crippen molar-refractivity contribution in [2.45, 2.75) is 70.9 Å². The number of rotatable bonds is 9. The third-order valence-electron chi connectivity index (χ3n) is 6.05. The maximum Gasteiger partial charge on any atom is 0.412 e. The Bertz CT molecular complexity index is 1190. The highest BCUT2D eigenvalue weighted by Gasteiger charge is 2.43. The lowest BCUT2D eigenvalue weighted by atomic mass is 10.1. The Kier molecular flexibility index (Phi) is 10.7. The second-order valence-electron chi connectivity index (χ2n) is 10.3. The van der Waals surface area contributed by atoms with E-state index in [9.17, 15) is 19.2 Å². The normalized spacial score (nSPS) is 17.1. The van der Waals surface area contributed by atoms with Crippen molar-refractivity contribution in [1.82, 2.24) is 10.2 Å². The van der Waals surface area contributed by atoms with Crippen LogP contribution < -0.4 is 5.32 Å². The Morgan fingerprint density at radius 1 is 0.900 bits per heavy atom. The smallest absolute Gasteiger partial charge is 0.412 e. The Hall–Kier alpha value is -4.34. The summed E-state index contributed by atoms with van der Waals surface area (Å²) in [5.41, 5.74) is 0.701. The number of methoxy groups -OCH3 is 1. The van der Waals surface area contributed by atoms with E-state index >= 15 is 0 Å². The molecule has 1 fully saturated rings. The van der Waals surface area contributed by atoms with Crippen LogP contribution in [0.1, 0.15) is 51.2 Å². The summed E-state index contributed by atoms with van der Waals surface area (Å²) in [5.74, 6) is -1.32. The van der Waals surface area contributed by atoms with Gasteiger partial charge in [0.1, 0.15) is 30.6 Å². The van der Waals surface area contributed by atoms with Gasteiger partial charge in [-0.05, 0) is 51.2 Å². The van der Waals surface area contributed by atoms with Crippen LogP contribution in [0.5, 0.6) is 0 Å². The lowest BCUT2D eigenvalue weighted by Crippen LogP contribution is -2.47. The first-order valence-electron chi connectivity index (χ1n) is 13.1. The summed E-state index contributed by atoms with van der Waals surface area (Å²) < 4.78 is 21.1. The molecule has 1 aliphatic rings. The lowest BCUT2D eigenvalue weighted by molar-refractivity contribution is -0.160. The number of alkyl carbamates (subject to hydrolysis) is 1. The van der Waals surface area contributed by atoms with E-state index in [4.69, 9.17) is 18.9 Å². The molecule has 1 aliphatic heterocycles. The fourth-order valence-corrected chi connectivity index (χ4v) is 4.20. The van der Waals surface area contributed by atoms with Crippen LogP contribution >= 0.6 is 0 Å². The number of benzene rings is 2. The number of esters is 2. The van der Waals surface area contributed by atoms with Crippen molar-refractivity contribution in [3.63, 3.8) is 0 Å². The third-order valence-corrected chi connectivity index (χ3v) is 6.05. The molecule has 0 saturated carbocycles. The molecule has 0 aliphatic carbocycles. The average molecular weight is 553 g/mol. The molecule has 2 amide bonds. The molecule has 10 heteroatoms. The molecule has 0 bridgehead atoms. The number of nitrogens with zero attached hydrogens (tertiary/aromatic N) is 1. The van der Waals surface area contributed by atoms with Crippen molar-refractivity contribution in [3.8, 4) is 0 Å². The summed E-state index contributed by atoms with van der Waals surface area (Å²) in [4.78, 5) is 52.4. The summed E-state index contributed by atoms with van der Waals surface area (Å²) in [6.07, 6.45) is 0.892. The number of nitrogens with one attached hydrogen (secondary N) is 1. The maximum absolute atomic E-state index is 13.2. The molecule has 2 atom stereocenters. The van der Waals surface area contributed by atoms with E-state index in [1.54, 1.807) is 32.9 Å². The van der Waals surface area contributed by atoms with Gasteiger partial charge < -0.3 is 18.9 Å². The van der Waals surface area contributed by atoms with Gasteiger partial charge in [0.25, 0.3) is 0 Å². The third kappa shape index (κ3) is 9.14. The molecule has 1 heterocycles. The monoisotopic (exact) mass is 552 g/mol. The van der Waals surface area contributed by atoms with Gasteiger partial charge in [-0.3, -0.25) is 10.2 Å². The van der Waals surface area contributed by atoms with E-state index in [-0.39, 0.29) is 25.3 Å². The van der Waals surface area contributed by atoms with Crippen LogP contribution in [0.15, 0.2) is 72.4 Å². The molecule has 2 aromatic rings.